The van der Waals surface area contributed by atoms with Crippen molar-refractivity contribution in [2.75, 3.05) is 11.9 Å². The smallest absolute Gasteiger partial charge is 0.253 e. The summed E-state index contributed by atoms with van der Waals surface area (Å²) in [6, 6.07) is 7.00. The third-order valence-corrected chi connectivity index (χ3v) is 8.38. The number of fused-ring (bicyclic) bond motifs is 1. The predicted molar refractivity (Wildman–Crippen MR) is 99.4 cm³/mol. The maximum Gasteiger partial charge on any atom is 0.253 e. The van der Waals surface area contributed by atoms with Crippen molar-refractivity contribution in [1.82, 2.24) is 9.29 Å². The quantitative estimate of drug-likeness (QED) is 0.715. The van der Waals surface area contributed by atoms with Gasteiger partial charge in [-0.1, -0.05) is 23.5 Å². The molecular weight excluding hydrogens is 397 g/mol. The highest BCUT2D eigenvalue weighted by molar-refractivity contribution is 7.91. The standard InChI is InChI=1S/C16H14FN3O3S3/c17-10-4-1-6-12-14(10)18-16(25-12)19-15(21)11-5-2-8-20(11)26(22,23)13-7-3-9-24-13/h1,3-4,6-7,9,11H,2,5,8H2,(H,18,19,21). The van der Waals surface area contributed by atoms with Crippen LogP contribution in [0.5, 0.6) is 0 Å². The Hall–Kier alpha value is -1.88. The zero-order valence-electron chi connectivity index (χ0n) is 13.4. The van der Waals surface area contributed by atoms with Gasteiger partial charge in [-0.15, -0.1) is 11.3 Å². The molecule has 1 unspecified atom stereocenters. The van der Waals surface area contributed by atoms with Crippen molar-refractivity contribution >= 4 is 54.0 Å². The number of thiophene rings is 1. The molecule has 3 aromatic rings. The molecule has 0 saturated carbocycles. The van der Waals surface area contributed by atoms with Gasteiger partial charge in [-0.3, -0.25) is 4.79 Å². The largest absolute Gasteiger partial charge is 0.301 e. The number of thiazole rings is 1. The summed E-state index contributed by atoms with van der Waals surface area (Å²) in [6.45, 7) is 0.298. The molecule has 1 N–H and O–H groups in total. The van der Waals surface area contributed by atoms with Gasteiger partial charge in [0.25, 0.3) is 10.0 Å². The van der Waals surface area contributed by atoms with Crippen LogP contribution in [0.15, 0.2) is 39.9 Å². The fourth-order valence-corrected chi connectivity index (χ4v) is 6.63. The molecular formula is C16H14FN3O3S3. The van der Waals surface area contributed by atoms with E-state index in [0.717, 1.165) is 22.7 Å². The summed E-state index contributed by atoms with van der Waals surface area (Å²) in [7, 11) is -3.70. The van der Waals surface area contributed by atoms with Gasteiger partial charge in [0.1, 0.15) is 21.6 Å². The lowest BCUT2D eigenvalue weighted by Crippen LogP contribution is -2.42. The van der Waals surface area contributed by atoms with E-state index in [0.29, 0.717) is 24.1 Å². The van der Waals surface area contributed by atoms with Gasteiger partial charge in [0.2, 0.25) is 5.91 Å². The Balaban J connectivity index is 1.58. The molecule has 1 saturated heterocycles. The van der Waals surface area contributed by atoms with Crippen LogP contribution in [0.2, 0.25) is 0 Å². The summed E-state index contributed by atoms with van der Waals surface area (Å²) in [5, 5.41) is 4.59. The summed E-state index contributed by atoms with van der Waals surface area (Å²) in [5.74, 6) is -0.899. The highest BCUT2D eigenvalue weighted by Crippen LogP contribution is 2.31. The van der Waals surface area contributed by atoms with Crippen LogP contribution in [0, 0.1) is 5.82 Å². The third-order valence-electron chi connectivity index (χ3n) is 4.16. The molecule has 10 heteroatoms. The topological polar surface area (TPSA) is 79.4 Å². The normalized spacial score (nSPS) is 18.4. The number of hydrogen-bond acceptors (Lipinski definition) is 6. The number of rotatable bonds is 4. The van der Waals surface area contributed by atoms with Crippen molar-refractivity contribution in [1.29, 1.82) is 0 Å². The van der Waals surface area contributed by atoms with Gasteiger partial charge in [-0.2, -0.15) is 4.31 Å². The minimum atomic E-state index is -3.70. The second-order valence-corrected chi connectivity index (χ2v) is 9.90. The maximum absolute atomic E-state index is 13.8. The number of para-hydroxylation sites is 1. The van der Waals surface area contributed by atoms with Crippen molar-refractivity contribution in [3.05, 3.63) is 41.5 Å². The molecule has 0 aliphatic carbocycles. The molecule has 0 spiro atoms. The number of halogens is 1. The lowest BCUT2D eigenvalue weighted by molar-refractivity contribution is -0.119. The first-order valence-corrected chi connectivity index (χ1v) is 11.0. The first kappa shape index (κ1) is 17.5. The summed E-state index contributed by atoms with van der Waals surface area (Å²) >= 11 is 2.28. The van der Waals surface area contributed by atoms with Crippen LogP contribution in [-0.2, 0) is 14.8 Å². The number of sulfonamides is 1. The zero-order valence-corrected chi connectivity index (χ0v) is 15.8. The molecule has 1 aliphatic heterocycles. The van der Waals surface area contributed by atoms with E-state index >= 15 is 0 Å². The lowest BCUT2D eigenvalue weighted by Gasteiger charge is -2.22. The average molecular weight is 412 g/mol. The van der Waals surface area contributed by atoms with Gasteiger partial charge in [-0.25, -0.2) is 17.8 Å². The number of benzene rings is 1. The number of aromatic nitrogens is 1. The van der Waals surface area contributed by atoms with E-state index in [4.69, 9.17) is 0 Å². The number of carbonyl (C=O) groups is 1. The first-order chi connectivity index (χ1) is 12.5. The SMILES string of the molecule is O=C(Nc1nc2c(F)cccc2s1)C1CCCN1S(=O)(=O)c1cccs1. The molecule has 1 fully saturated rings. The van der Waals surface area contributed by atoms with Crippen LogP contribution in [0.3, 0.4) is 0 Å². The maximum atomic E-state index is 13.8. The number of amides is 1. The molecule has 136 valence electrons. The summed E-state index contributed by atoms with van der Waals surface area (Å²) in [4.78, 5) is 16.8. The summed E-state index contributed by atoms with van der Waals surface area (Å²) < 4.78 is 41.3. The number of hydrogen-bond donors (Lipinski definition) is 1. The molecule has 0 bridgehead atoms. The van der Waals surface area contributed by atoms with Crippen LogP contribution in [0.4, 0.5) is 9.52 Å². The number of nitrogens with one attached hydrogen (secondary N) is 1. The number of anilines is 1. The Bertz CT molecular complexity index is 1060. The van der Waals surface area contributed by atoms with Crippen molar-refractivity contribution < 1.29 is 17.6 Å². The highest BCUT2D eigenvalue weighted by atomic mass is 32.2. The molecule has 26 heavy (non-hydrogen) atoms. The van der Waals surface area contributed by atoms with Crippen LogP contribution < -0.4 is 5.32 Å². The second kappa shape index (κ2) is 6.69. The molecule has 3 heterocycles. The van der Waals surface area contributed by atoms with Crippen LogP contribution in [-0.4, -0.2) is 36.2 Å². The van der Waals surface area contributed by atoms with Gasteiger partial charge in [0.05, 0.1) is 4.70 Å². The Kier molecular flexibility index (Phi) is 4.51. The minimum absolute atomic E-state index is 0.197. The number of carbonyl (C=O) groups excluding carboxylic acids is 1. The van der Waals surface area contributed by atoms with Crippen molar-refractivity contribution in [2.24, 2.45) is 0 Å². The molecule has 1 amide bonds. The van der Waals surface area contributed by atoms with Crippen LogP contribution in [0.25, 0.3) is 10.2 Å². The van der Waals surface area contributed by atoms with Crippen molar-refractivity contribution in [3.63, 3.8) is 0 Å². The lowest BCUT2D eigenvalue weighted by atomic mass is 10.2. The molecule has 1 aliphatic rings. The van der Waals surface area contributed by atoms with E-state index in [1.54, 1.807) is 23.6 Å². The van der Waals surface area contributed by atoms with Crippen molar-refractivity contribution in [3.8, 4) is 0 Å². The Morgan fingerprint density at radius 1 is 1.31 bits per heavy atom. The number of nitrogens with zero attached hydrogens (tertiary/aromatic N) is 2. The summed E-state index contributed by atoms with van der Waals surface area (Å²) in [6.07, 6.45) is 1.05. The van der Waals surface area contributed by atoms with Gasteiger partial charge in [-0.05, 0) is 36.4 Å². The van der Waals surface area contributed by atoms with Gasteiger partial charge in [0, 0.05) is 6.54 Å². The fourth-order valence-electron chi connectivity index (χ4n) is 2.97. The molecule has 1 aromatic carbocycles. The van der Waals surface area contributed by atoms with E-state index in [1.165, 1.54) is 16.4 Å². The Morgan fingerprint density at radius 2 is 2.15 bits per heavy atom. The van der Waals surface area contributed by atoms with Gasteiger partial charge >= 0.3 is 0 Å². The minimum Gasteiger partial charge on any atom is -0.301 e. The van der Waals surface area contributed by atoms with Crippen molar-refractivity contribution in [2.45, 2.75) is 23.1 Å². The van der Waals surface area contributed by atoms with Crippen LogP contribution in [0.1, 0.15) is 12.8 Å². The van der Waals surface area contributed by atoms with Gasteiger partial charge < -0.3 is 5.32 Å². The zero-order chi connectivity index (χ0) is 18.3. The fraction of sp³-hybridized carbons (Fsp3) is 0.250. The van der Waals surface area contributed by atoms with E-state index < -0.39 is 27.8 Å². The average Bonchev–Trinajstić information content (AvgIpc) is 3.35. The first-order valence-electron chi connectivity index (χ1n) is 7.88. The van der Waals surface area contributed by atoms with Gasteiger partial charge in [0.15, 0.2) is 5.13 Å². The Labute approximate surface area is 157 Å². The molecule has 0 radical (unpaired) electrons. The molecule has 2 aromatic heterocycles. The van der Waals surface area contributed by atoms with E-state index in [-0.39, 0.29) is 14.9 Å². The third kappa shape index (κ3) is 3.02. The Morgan fingerprint density at radius 3 is 2.88 bits per heavy atom. The predicted octanol–water partition coefficient (Wildman–Crippen LogP) is 3.29. The molecule has 6 nitrogen and oxygen atoms in total. The molecule has 4 rings (SSSR count). The summed E-state index contributed by atoms with van der Waals surface area (Å²) in [5.41, 5.74) is 0.197. The monoisotopic (exact) mass is 411 g/mol. The van der Waals surface area contributed by atoms with E-state index in [9.17, 15) is 17.6 Å². The van der Waals surface area contributed by atoms with E-state index in [2.05, 4.69) is 10.3 Å². The van der Waals surface area contributed by atoms with Crippen LogP contribution >= 0.6 is 22.7 Å². The molecule has 1 atom stereocenters. The highest BCUT2D eigenvalue weighted by Gasteiger charge is 2.40. The van der Waals surface area contributed by atoms with E-state index in [1.807, 2.05) is 0 Å². The second-order valence-electron chi connectivity index (χ2n) is 5.80.